The first-order chi connectivity index (χ1) is 7.81. The number of hydrogen-bond donors (Lipinski definition) is 1. The Hall–Kier alpha value is -1.68. The fourth-order valence-corrected chi connectivity index (χ4v) is 1.60. The summed E-state index contributed by atoms with van der Waals surface area (Å²) in [7, 11) is 0. The van der Waals surface area contributed by atoms with Gasteiger partial charge < -0.3 is 10.3 Å². The number of halogens is 1. The fourth-order valence-electron chi connectivity index (χ4n) is 1.60. The summed E-state index contributed by atoms with van der Waals surface area (Å²) in [4.78, 5) is 0. The Morgan fingerprint density at radius 1 is 1.38 bits per heavy atom. The summed E-state index contributed by atoms with van der Waals surface area (Å²) >= 11 is 0. The number of aryl methyl sites for hydroxylation is 1. The predicted molar refractivity (Wildman–Crippen MR) is 59.3 cm³/mol. The van der Waals surface area contributed by atoms with Crippen LogP contribution in [0, 0.1) is 5.82 Å². The van der Waals surface area contributed by atoms with E-state index in [2.05, 4.69) is 5.16 Å². The summed E-state index contributed by atoms with van der Waals surface area (Å²) in [6.45, 7) is 0.607. The molecule has 0 saturated carbocycles. The molecular weight excluding hydrogens is 207 g/mol. The van der Waals surface area contributed by atoms with Crippen LogP contribution in [-0.4, -0.2) is 11.7 Å². The Kier molecular flexibility index (Phi) is 3.31. The van der Waals surface area contributed by atoms with Crippen molar-refractivity contribution in [2.24, 2.45) is 5.73 Å². The first-order valence-corrected chi connectivity index (χ1v) is 5.20. The van der Waals surface area contributed by atoms with Crippen LogP contribution in [0.25, 0.3) is 11.1 Å². The van der Waals surface area contributed by atoms with Gasteiger partial charge in [-0.1, -0.05) is 17.3 Å². The van der Waals surface area contributed by atoms with Crippen LogP contribution in [-0.2, 0) is 6.42 Å². The minimum Gasteiger partial charge on any atom is -0.364 e. The summed E-state index contributed by atoms with van der Waals surface area (Å²) in [5.74, 6) is -0.261. The molecule has 0 bridgehead atoms. The maximum absolute atomic E-state index is 13.1. The van der Waals surface area contributed by atoms with Gasteiger partial charge in [-0.2, -0.15) is 0 Å². The van der Waals surface area contributed by atoms with E-state index in [1.54, 1.807) is 12.3 Å². The number of nitrogens with zero attached hydrogens (tertiary/aromatic N) is 1. The molecule has 0 atom stereocenters. The molecule has 1 aromatic carbocycles. The second-order valence-electron chi connectivity index (χ2n) is 3.58. The van der Waals surface area contributed by atoms with Crippen LogP contribution in [0.15, 0.2) is 35.1 Å². The van der Waals surface area contributed by atoms with Crippen molar-refractivity contribution >= 4 is 0 Å². The molecule has 0 aliphatic heterocycles. The number of rotatable bonds is 4. The number of benzene rings is 1. The van der Waals surface area contributed by atoms with E-state index in [0.29, 0.717) is 6.54 Å². The van der Waals surface area contributed by atoms with E-state index in [1.807, 2.05) is 6.07 Å². The van der Waals surface area contributed by atoms with Crippen LogP contribution >= 0.6 is 0 Å². The molecule has 1 heterocycles. The lowest BCUT2D eigenvalue weighted by molar-refractivity contribution is 0.411. The van der Waals surface area contributed by atoms with Gasteiger partial charge in [-0.15, -0.1) is 0 Å². The average Bonchev–Trinajstić information content (AvgIpc) is 2.74. The molecule has 2 aromatic rings. The van der Waals surface area contributed by atoms with Crippen molar-refractivity contribution in [3.63, 3.8) is 0 Å². The van der Waals surface area contributed by atoms with Gasteiger partial charge in [0.2, 0.25) is 0 Å². The molecule has 0 saturated heterocycles. The largest absolute Gasteiger partial charge is 0.364 e. The molecule has 4 heteroatoms. The Labute approximate surface area is 93.1 Å². The van der Waals surface area contributed by atoms with Gasteiger partial charge in [0.15, 0.2) is 0 Å². The summed E-state index contributed by atoms with van der Waals surface area (Å²) in [6.07, 6.45) is 3.13. The van der Waals surface area contributed by atoms with Crippen LogP contribution in [0.2, 0.25) is 0 Å². The highest BCUT2D eigenvalue weighted by molar-refractivity contribution is 5.64. The normalized spacial score (nSPS) is 10.6. The van der Waals surface area contributed by atoms with E-state index >= 15 is 0 Å². The highest BCUT2D eigenvalue weighted by Crippen LogP contribution is 2.24. The van der Waals surface area contributed by atoms with Crippen molar-refractivity contribution in [1.29, 1.82) is 0 Å². The summed E-state index contributed by atoms with van der Waals surface area (Å²) in [5, 5.41) is 3.91. The van der Waals surface area contributed by atoms with E-state index in [4.69, 9.17) is 10.3 Å². The highest BCUT2D eigenvalue weighted by Gasteiger charge is 2.09. The van der Waals surface area contributed by atoms with E-state index in [-0.39, 0.29) is 5.82 Å². The van der Waals surface area contributed by atoms with Gasteiger partial charge in [0.25, 0.3) is 0 Å². The Balaban J connectivity index is 2.29. The van der Waals surface area contributed by atoms with Gasteiger partial charge in [-0.05, 0) is 37.1 Å². The Morgan fingerprint density at radius 3 is 3.00 bits per heavy atom. The van der Waals surface area contributed by atoms with Gasteiger partial charge in [0, 0.05) is 5.56 Å². The minimum absolute atomic E-state index is 0.261. The van der Waals surface area contributed by atoms with Crippen molar-refractivity contribution in [3.8, 4) is 11.1 Å². The molecule has 16 heavy (non-hydrogen) atoms. The third-order valence-electron chi connectivity index (χ3n) is 2.40. The molecule has 0 aliphatic rings. The van der Waals surface area contributed by atoms with E-state index in [0.717, 1.165) is 29.7 Å². The third kappa shape index (κ3) is 2.28. The van der Waals surface area contributed by atoms with E-state index in [1.165, 1.54) is 12.1 Å². The molecule has 0 fully saturated rings. The first-order valence-electron chi connectivity index (χ1n) is 5.20. The smallest absolute Gasteiger partial charge is 0.131 e. The van der Waals surface area contributed by atoms with Gasteiger partial charge in [0.1, 0.15) is 12.1 Å². The zero-order valence-electron chi connectivity index (χ0n) is 8.82. The molecular formula is C12H13FN2O. The van der Waals surface area contributed by atoms with E-state index < -0.39 is 0 Å². The zero-order valence-corrected chi connectivity index (χ0v) is 8.82. The standard InChI is InChI=1S/C12H13FN2O/c13-10-4-1-3-9(7-10)11-8-16-15-12(11)5-2-6-14/h1,3-4,7-8H,2,5-6,14H2. The second kappa shape index (κ2) is 4.90. The molecule has 1 aromatic heterocycles. The molecule has 0 unspecified atom stereocenters. The maximum atomic E-state index is 13.1. The lowest BCUT2D eigenvalue weighted by Gasteiger charge is -2.00. The summed E-state index contributed by atoms with van der Waals surface area (Å²) < 4.78 is 18.0. The molecule has 0 radical (unpaired) electrons. The second-order valence-corrected chi connectivity index (χ2v) is 3.58. The molecule has 84 valence electrons. The molecule has 0 spiro atoms. The van der Waals surface area contributed by atoms with Crippen LogP contribution in [0.3, 0.4) is 0 Å². The molecule has 0 amide bonds. The first kappa shape index (κ1) is 10.8. The lowest BCUT2D eigenvalue weighted by Crippen LogP contribution is -2.01. The van der Waals surface area contributed by atoms with Crippen molar-refractivity contribution < 1.29 is 8.91 Å². The van der Waals surface area contributed by atoms with Crippen molar-refractivity contribution in [2.45, 2.75) is 12.8 Å². The van der Waals surface area contributed by atoms with Gasteiger partial charge in [-0.25, -0.2) is 4.39 Å². The van der Waals surface area contributed by atoms with Crippen molar-refractivity contribution in [1.82, 2.24) is 5.16 Å². The van der Waals surface area contributed by atoms with E-state index in [9.17, 15) is 4.39 Å². The zero-order chi connectivity index (χ0) is 11.4. The summed E-state index contributed by atoms with van der Waals surface area (Å²) in [6, 6.07) is 6.39. The van der Waals surface area contributed by atoms with Gasteiger partial charge in [0.05, 0.1) is 5.69 Å². The van der Waals surface area contributed by atoms with Gasteiger partial charge >= 0.3 is 0 Å². The van der Waals surface area contributed by atoms with Crippen LogP contribution in [0.4, 0.5) is 4.39 Å². The minimum atomic E-state index is -0.261. The predicted octanol–water partition coefficient (Wildman–Crippen LogP) is 2.37. The van der Waals surface area contributed by atoms with Crippen LogP contribution in [0.5, 0.6) is 0 Å². The average molecular weight is 220 g/mol. The summed E-state index contributed by atoms with van der Waals surface area (Å²) in [5.41, 5.74) is 7.90. The monoisotopic (exact) mass is 220 g/mol. The third-order valence-corrected chi connectivity index (χ3v) is 2.40. The number of hydrogen-bond acceptors (Lipinski definition) is 3. The Bertz CT molecular complexity index is 468. The van der Waals surface area contributed by atoms with Crippen molar-refractivity contribution in [3.05, 3.63) is 42.0 Å². The number of aromatic nitrogens is 1. The quantitative estimate of drug-likeness (QED) is 0.860. The lowest BCUT2D eigenvalue weighted by atomic mass is 10.0. The SMILES string of the molecule is NCCCc1nocc1-c1cccc(F)c1. The number of nitrogens with two attached hydrogens (primary N) is 1. The Morgan fingerprint density at radius 2 is 2.25 bits per heavy atom. The van der Waals surface area contributed by atoms with Gasteiger partial charge in [-0.3, -0.25) is 0 Å². The molecule has 3 nitrogen and oxygen atoms in total. The molecule has 0 aliphatic carbocycles. The topological polar surface area (TPSA) is 52.0 Å². The van der Waals surface area contributed by atoms with Crippen LogP contribution < -0.4 is 5.73 Å². The molecule has 2 rings (SSSR count). The van der Waals surface area contributed by atoms with Crippen LogP contribution in [0.1, 0.15) is 12.1 Å². The molecule has 2 N–H and O–H groups in total. The van der Waals surface area contributed by atoms with Crippen molar-refractivity contribution in [2.75, 3.05) is 6.54 Å². The maximum Gasteiger partial charge on any atom is 0.131 e. The highest BCUT2D eigenvalue weighted by atomic mass is 19.1. The fraction of sp³-hybridized carbons (Fsp3) is 0.250.